The van der Waals surface area contributed by atoms with Gasteiger partial charge in [0.1, 0.15) is 6.10 Å². The van der Waals surface area contributed by atoms with E-state index in [0.717, 1.165) is 11.1 Å². The van der Waals surface area contributed by atoms with Crippen LogP contribution in [0.5, 0.6) is 0 Å². The molecule has 0 saturated heterocycles. The number of aliphatic hydroxyl groups is 1. The molecule has 102 valence electrons. The van der Waals surface area contributed by atoms with Crippen LogP contribution in [0.1, 0.15) is 22.8 Å². The number of halogens is 2. The number of rotatable bonds is 5. The molecule has 0 fully saturated rings. The largest absolute Gasteiger partial charge is 0.387 e. The zero-order valence-electron chi connectivity index (χ0n) is 10.4. The van der Waals surface area contributed by atoms with Crippen molar-refractivity contribution in [3.63, 3.8) is 0 Å². The lowest BCUT2D eigenvalue weighted by Gasteiger charge is -2.04. The van der Waals surface area contributed by atoms with E-state index in [0.29, 0.717) is 12.2 Å². The van der Waals surface area contributed by atoms with Crippen molar-refractivity contribution < 1.29 is 18.4 Å². The fourth-order valence-corrected chi connectivity index (χ4v) is 1.60. The van der Waals surface area contributed by atoms with Crippen molar-refractivity contribution in [2.45, 2.75) is 32.3 Å². The van der Waals surface area contributed by atoms with Gasteiger partial charge in [-0.2, -0.15) is 4.98 Å². The maximum Gasteiger partial charge on any atom is 0.264 e. The van der Waals surface area contributed by atoms with E-state index in [1.54, 1.807) is 0 Å². The van der Waals surface area contributed by atoms with Gasteiger partial charge in [-0.1, -0.05) is 35.0 Å². The highest BCUT2D eigenvalue weighted by atomic mass is 19.3. The maximum atomic E-state index is 12.2. The first-order valence-corrected chi connectivity index (χ1v) is 5.88. The molecule has 1 N–H and O–H groups in total. The molecular formula is C13H14F2N2O2. The first-order valence-electron chi connectivity index (χ1n) is 5.88. The SMILES string of the molecule is Cc1ccc(Cc2noc(CC(O)C(F)F)n2)cc1. The summed E-state index contributed by atoms with van der Waals surface area (Å²) >= 11 is 0. The molecule has 0 aliphatic heterocycles. The van der Waals surface area contributed by atoms with Crippen LogP contribution in [0.3, 0.4) is 0 Å². The van der Waals surface area contributed by atoms with Crippen LogP contribution < -0.4 is 0 Å². The Hall–Kier alpha value is -1.82. The van der Waals surface area contributed by atoms with Crippen LogP contribution in [0.25, 0.3) is 0 Å². The average molecular weight is 268 g/mol. The molecule has 0 aliphatic carbocycles. The predicted molar refractivity (Wildman–Crippen MR) is 64.0 cm³/mol. The number of hydrogen-bond acceptors (Lipinski definition) is 4. The highest BCUT2D eigenvalue weighted by molar-refractivity contribution is 5.23. The Bertz CT molecular complexity index is 526. The predicted octanol–water partition coefficient (Wildman–Crippen LogP) is 2.14. The maximum absolute atomic E-state index is 12.2. The number of benzene rings is 1. The topological polar surface area (TPSA) is 59.2 Å². The van der Waals surface area contributed by atoms with E-state index in [4.69, 9.17) is 9.63 Å². The van der Waals surface area contributed by atoms with Crippen LogP contribution in [0.2, 0.25) is 0 Å². The standard InChI is InChI=1S/C13H14F2N2O2/c1-8-2-4-9(5-3-8)6-11-16-12(19-17-11)7-10(18)13(14)15/h2-5,10,13,18H,6-7H2,1H3. The summed E-state index contributed by atoms with van der Waals surface area (Å²) in [6.45, 7) is 1.99. The third-order valence-electron chi connectivity index (χ3n) is 2.67. The van der Waals surface area contributed by atoms with Gasteiger partial charge in [0, 0.05) is 6.42 Å². The molecule has 4 nitrogen and oxygen atoms in total. The highest BCUT2D eigenvalue weighted by Gasteiger charge is 2.20. The summed E-state index contributed by atoms with van der Waals surface area (Å²) < 4.78 is 29.2. The van der Waals surface area contributed by atoms with Crippen LogP contribution in [0.15, 0.2) is 28.8 Å². The molecule has 0 amide bonds. The van der Waals surface area contributed by atoms with Gasteiger partial charge in [0.2, 0.25) is 5.89 Å². The first kappa shape index (κ1) is 13.6. The second kappa shape index (κ2) is 5.88. The van der Waals surface area contributed by atoms with Gasteiger partial charge in [-0.25, -0.2) is 8.78 Å². The molecule has 1 aromatic heterocycles. The van der Waals surface area contributed by atoms with Crippen molar-refractivity contribution in [3.8, 4) is 0 Å². The van der Waals surface area contributed by atoms with Gasteiger partial charge in [-0.15, -0.1) is 0 Å². The Kier molecular flexibility index (Phi) is 4.21. The van der Waals surface area contributed by atoms with Crippen molar-refractivity contribution in [1.29, 1.82) is 0 Å². The third-order valence-corrected chi connectivity index (χ3v) is 2.67. The zero-order chi connectivity index (χ0) is 13.8. The van der Waals surface area contributed by atoms with Crippen molar-refractivity contribution in [1.82, 2.24) is 10.1 Å². The van der Waals surface area contributed by atoms with Crippen LogP contribution in [-0.4, -0.2) is 27.8 Å². The number of aryl methyl sites for hydroxylation is 1. The Balaban J connectivity index is 1.99. The molecule has 2 aromatic rings. The summed E-state index contributed by atoms with van der Waals surface area (Å²) in [5, 5.41) is 12.7. The normalized spacial score (nSPS) is 12.9. The van der Waals surface area contributed by atoms with E-state index in [2.05, 4.69) is 10.1 Å². The number of alkyl halides is 2. The average Bonchev–Trinajstić information content (AvgIpc) is 2.79. The Morgan fingerprint density at radius 3 is 2.58 bits per heavy atom. The van der Waals surface area contributed by atoms with Crippen molar-refractivity contribution in [2.24, 2.45) is 0 Å². The van der Waals surface area contributed by atoms with Gasteiger partial charge in [-0.3, -0.25) is 0 Å². The zero-order valence-corrected chi connectivity index (χ0v) is 10.4. The van der Waals surface area contributed by atoms with Crippen molar-refractivity contribution >= 4 is 0 Å². The van der Waals surface area contributed by atoms with Crippen LogP contribution in [0.4, 0.5) is 8.78 Å². The van der Waals surface area contributed by atoms with E-state index < -0.39 is 12.5 Å². The van der Waals surface area contributed by atoms with Gasteiger partial charge >= 0.3 is 0 Å². The molecule has 6 heteroatoms. The van der Waals surface area contributed by atoms with Gasteiger partial charge in [0.25, 0.3) is 6.43 Å². The highest BCUT2D eigenvalue weighted by Crippen LogP contribution is 2.11. The summed E-state index contributed by atoms with van der Waals surface area (Å²) in [6, 6.07) is 7.83. The summed E-state index contributed by atoms with van der Waals surface area (Å²) in [5.74, 6) is 0.440. The molecule has 19 heavy (non-hydrogen) atoms. The molecule has 1 unspecified atom stereocenters. The minimum atomic E-state index is -2.81. The van der Waals surface area contributed by atoms with E-state index in [1.165, 1.54) is 0 Å². The molecule has 2 rings (SSSR count). The van der Waals surface area contributed by atoms with Crippen molar-refractivity contribution in [2.75, 3.05) is 0 Å². The number of aliphatic hydroxyl groups excluding tert-OH is 1. The Labute approximate surface area is 109 Å². The Morgan fingerprint density at radius 1 is 1.26 bits per heavy atom. The van der Waals surface area contributed by atoms with Crippen LogP contribution in [-0.2, 0) is 12.8 Å². The monoisotopic (exact) mass is 268 g/mol. The summed E-state index contributed by atoms with van der Waals surface area (Å²) in [7, 11) is 0. The first-order chi connectivity index (χ1) is 9.04. The third kappa shape index (κ3) is 3.82. The lowest BCUT2D eigenvalue weighted by Crippen LogP contribution is -2.20. The minimum absolute atomic E-state index is 0.0231. The van der Waals surface area contributed by atoms with Crippen LogP contribution in [0, 0.1) is 6.92 Å². The smallest absolute Gasteiger partial charge is 0.264 e. The number of nitrogens with zero attached hydrogens (tertiary/aromatic N) is 2. The molecule has 0 aliphatic rings. The van der Waals surface area contributed by atoms with Crippen molar-refractivity contribution in [3.05, 3.63) is 47.1 Å². The quantitative estimate of drug-likeness (QED) is 0.902. The lowest BCUT2D eigenvalue weighted by atomic mass is 10.1. The second-order valence-corrected chi connectivity index (χ2v) is 4.37. The fourth-order valence-electron chi connectivity index (χ4n) is 1.60. The molecule has 1 atom stereocenters. The molecule has 0 bridgehead atoms. The van der Waals surface area contributed by atoms with Gasteiger partial charge < -0.3 is 9.63 Å². The van der Waals surface area contributed by atoms with Gasteiger partial charge in [-0.05, 0) is 12.5 Å². The molecule has 1 heterocycles. The Morgan fingerprint density at radius 2 is 1.95 bits per heavy atom. The van der Waals surface area contributed by atoms with E-state index in [-0.39, 0.29) is 12.3 Å². The summed E-state index contributed by atoms with van der Waals surface area (Å²) in [4.78, 5) is 3.98. The minimum Gasteiger partial charge on any atom is -0.387 e. The molecule has 1 aromatic carbocycles. The molecule has 0 radical (unpaired) electrons. The lowest BCUT2D eigenvalue weighted by molar-refractivity contribution is -0.00754. The van der Waals surface area contributed by atoms with E-state index in [1.807, 2.05) is 31.2 Å². The number of aromatic nitrogens is 2. The summed E-state index contributed by atoms with van der Waals surface area (Å²) in [6.07, 6.45) is -4.45. The van der Waals surface area contributed by atoms with Gasteiger partial charge in [0.15, 0.2) is 5.82 Å². The molecule has 0 saturated carbocycles. The fraction of sp³-hybridized carbons (Fsp3) is 0.385. The van der Waals surface area contributed by atoms with Gasteiger partial charge in [0.05, 0.1) is 6.42 Å². The molecule has 0 spiro atoms. The summed E-state index contributed by atoms with van der Waals surface area (Å²) in [5.41, 5.74) is 2.16. The number of hydrogen-bond donors (Lipinski definition) is 1. The van der Waals surface area contributed by atoms with E-state index in [9.17, 15) is 8.78 Å². The molecular weight excluding hydrogens is 254 g/mol. The van der Waals surface area contributed by atoms with Crippen LogP contribution >= 0.6 is 0 Å². The second-order valence-electron chi connectivity index (χ2n) is 4.37. The van der Waals surface area contributed by atoms with E-state index >= 15 is 0 Å².